The minimum Gasteiger partial charge on any atom is -0.485 e. The van der Waals surface area contributed by atoms with Crippen molar-refractivity contribution in [1.29, 1.82) is 0 Å². The molecule has 3 aromatic rings. The third kappa shape index (κ3) is 6.89. The van der Waals surface area contributed by atoms with Crippen molar-refractivity contribution in [3.05, 3.63) is 99.0 Å². The van der Waals surface area contributed by atoms with Crippen molar-refractivity contribution in [1.82, 2.24) is 5.32 Å². The molecule has 3 aromatic carbocycles. The molecule has 0 aliphatic rings. The Morgan fingerprint density at radius 1 is 0.906 bits per heavy atom. The van der Waals surface area contributed by atoms with E-state index in [2.05, 4.69) is 5.32 Å². The Kier molecular flexibility index (Phi) is 8.39. The second kappa shape index (κ2) is 11.2. The first-order valence-corrected chi connectivity index (χ1v) is 10.9. The van der Waals surface area contributed by atoms with Crippen LogP contribution in [0.2, 0.25) is 15.1 Å². The molecule has 0 radical (unpaired) electrons. The van der Waals surface area contributed by atoms with Crippen LogP contribution < -0.4 is 10.1 Å². The van der Waals surface area contributed by atoms with Gasteiger partial charge in [0.25, 0.3) is 0 Å². The fourth-order valence-corrected chi connectivity index (χ4v) is 3.52. The van der Waals surface area contributed by atoms with Gasteiger partial charge < -0.3 is 15.2 Å². The average molecular weight is 493 g/mol. The zero-order valence-electron chi connectivity index (χ0n) is 16.8. The number of halogens is 3. The van der Waals surface area contributed by atoms with Gasteiger partial charge >= 0.3 is 5.97 Å². The lowest BCUT2D eigenvalue weighted by atomic mass is 10.0. The summed E-state index contributed by atoms with van der Waals surface area (Å²) in [5.74, 6) is -1.09. The van der Waals surface area contributed by atoms with Gasteiger partial charge in [0.2, 0.25) is 5.91 Å². The van der Waals surface area contributed by atoms with Crippen LogP contribution in [-0.4, -0.2) is 23.0 Å². The zero-order valence-corrected chi connectivity index (χ0v) is 19.1. The number of carbonyl (C=O) groups is 2. The number of hydrogen-bond acceptors (Lipinski definition) is 3. The lowest BCUT2D eigenvalue weighted by Gasteiger charge is -2.21. The highest BCUT2D eigenvalue weighted by Gasteiger charge is 2.24. The Balaban J connectivity index is 1.77. The largest absolute Gasteiger partial charge is 0.485 e. The topological polar surface area (TPSA) is 75.6 Å². The van der Waals surface area contributed by atoms with Crippen molar-refractivity contribution in [2.75, 3.05) is 0 Å². The van der Waals surface area contributed by atoms with Crippen LogP contribution in [0.4, 0.5) is 0 Å². The van der Waals surface area contributed by atoms with Crippen molar-refractivity contribution in [2.45, 2.75) is 25.0 Å². The number of ether oxygens (including phenoxy) is 1. The zero-order chi connectivity index (χ0) is 23.1. The first-order valence-electron chi connectivity index (χ1n) is 9.75. The van der Waals surface area contributed by atoms with Crippen molar-refractivity contribution in [3.8, 4) is 5.75 Å². The molecular formula is C24H20Cl3NO4. The Bertz CT molecular complexity index is 1070. The quantitative estimate of drug-likeness (QED) is 0.386. The van der Waals surface area contributed by atoms with Crippen LogP contribution in [-0.2, 0) is 16.0 Å². The molecule has 2 N–H and O–H groups in total. The van der Waals surface area contributed by atoms with E-state index in [1.54, 1.807) is 42.5 Å². The maximum absolute atomic E-state index is 12.8. The molecule has 166 valence electrons. The van der Waals surface area contributed by atoms with Gasteiger partial charge in [-0.2, -0.15) is 0 Å². The van der Waals surface area contributed by atoms with Crippen LogP contribution in [0.5, 0.6) is 5.75 Å². The van der Waals surface area contributed by atoms with Gasteiger partial charge in [0.15, 0.2) is 0 Å². The molecule has 0 saturated carbocycles. The number of carboxylic acids is 1. The molecule has 0 aliphatic heterocycles. The lowest BCUT2D eigenvalue weighted by Crippen LogP contribution is -2.43. The number of amides is 1. The van der Waals surface area contributed by atoms with E-state index in [-0.39, 0.29) is 12.8 Å². The summed E-state index contributed by atoms with van der Waals surface area (Å²) in [6.07, 6.45) is -0.687. The van der Waals surface area contributed by atoms with Gasteiger partial charge in [-0.25, -0.2) is 4.79 Å². The number of carbonyl (C=O) groups excluding carboxylic acids is 1. The third-order valence-corrected chi connectivity index (χ3v) is 5.69. The highest BCUT2D eigenvalue weighted by Crippen LogP contribution is 2.30. The number of benzene rings is 3. The summed E-state index contributed by atoms with van der Waals surface area (Å²) in [5.41, 5.74) is 1.43. The number of carboxylic acid groups (broad SMARTS) is 1. The highest BCUT2D eigenvalue weighted by molar-refractivity contribution is 6.42. The van der Waals surface area contributed by atoms with Crippen LogP contribution >= 0.6 is 34.8 Å². The molecule has 1 amide bonds. The van der Waals surface area contributed by atoms with Crippen molar-refractivity contribution in [3.63, 3.8) is 0 Å². The Morgan fingerprint density at radius 2 is 1.59 bits per heavy atom. The molecular weight excluding hydrogens is 473 g/mol. The second-order valence-corrected chi connectivity index (χ2v) is 8.34. The molecule has 0 bridgehead atoms. The number of nitrogens with one attached hydrogen (secondary N) is 1. The summed E-state index contributed by atoms with van der Waals surface area (Å²) < 4.78 is 6.01. The molecule has 0 aliphatic carbocycles. The first-order chi connectivity index (χ1) is 15.3. The third-order valence-electron chi connectivity index (χ3n) is 4.69. The summed E-state index contributed by atoms with van der Waals surface area (Å²) >= 11 is 18.1. The smallest absolute Gasteiger partial charge is 0.326 e. The summed E-state index contributed by atoms with van der Waals surface area (Å²) in [5, 5.41) is 13.4. The Hall–Kier alpha value is -2.73. The molecule has 2 unspecified atom stereocenters. The first kappa shape index (κ1) is 23.9. The van der Waals surface area contributed by atoms with E-state index in [1.807, 2.05) is 30.3 Å². The Labute approximate surface area is 200 Å². The molecule has 0 spiro atoms. The SMILES string of the molecule is O=C(CC(Oc1ccc(Cl)cc1)c1ccc(Cl)c(Cl)c1)NC(Cc1ccccc1)C(=O)O. The van der Waals surface area contributed by atoms with Crippen LogP contribution in [0.25, 0.3) is 0 Å². The van der Waals surface area contributed by atoms with Crippen LogP contribution in [0.1, 0.15) is 23.7 Å². The fourth-order valence-electron chi connectivity index (χ4n) is 3.09. The minimum absolute atomic E-state index is 0.126. The van der Waals surface area contributed by atoms with Gasteiger partial charge in [-0.1, -0.05) is 71.2 Å². The van der Waals surface area contributed by atoms with E-state index in [0.29, 0.717) is 26.4 Å². The van der Waals surface area contributed by atoms with E-state index in [0.717, 1.165) is 5.56 Å². The van der Waals surface area contributed by atoms with Crippen molar-refractivity contribution in [2.24, 2.45) is 0 Å². The average Bonchev–Trinajstić information content (AvgIpc) is 2.77. The summed E-state index contributed by atoms with van der Waals surface area (Å²) in [7, 11) is 0. The van der Waals surface area contributed by atoms with E-state index < -0.39 is 24.0 Å². The van der Waals surface area contributed by atoms with Gasteiger partial charge in [-0.3, -0.25) is 4.79 Å². The summed E-state index contributed by atoms with van der Waals surface area (Å²) in [6, 6.07) is 19.7. The maximum atomic E-state index is 12.8. The normalized spacial score (nSPS) is 12.6. The molecule has 32 heavy (non-hydrogen) atoms. The minimum atomic E-state index is -1.12. The lowest BCUT2D eigenvalue weighted by molar-refractivity contribution is -0.142. The fraction of sp³-hybridized carbons (Fsp3) is 0.167. The molecule has 0 heterocycles. The highest BCUT2D eigenvalue weighted by atomic mass is 35.5. The molecule has 3 rings (SSSR count). The van der Waals surface area contributed by atoms with Crippen LogP contribution in [0.3, 0.4) is 0 Å². The number of rotatable bonds is 9. The van der Waals surface area contributed by atoms with Gasteiger partial charge in [0.1, 0.15) is 17.9 Å². The number of aliphatic carboxylic acids is 1. The molecule has 0 saturated heterocycles. The summed E-state index contributed by atoms with van der Waals surface area (Å²) in [6.45, 7) is 0. The monoisotopic (exact) mass is 491 g/mol. The molecule has 0 aromatic heterocycles. The Morgan fingerprint density at radius 3 is 2.22 bits per heavy atom. The summed E-state index contributed by atoms with van der Waals surface area (Å²) in [4.78, 5) is 24.5. The van der Waals surface area contributed by atoms with E-state index >= 15 is 0 Å². The number of hydrogen-bond donors (Lipinski definition) is 2. The van der Waals surface area contributed by atoms with E-state index in [9.17, 15) is 14.7 Å². The van der Waals surface area contributed by atoms with Crippen molar-refractivity contribution >= 4 is 46.7 Å². The predicted octanol–water partition coefficient (Wildman–Crippen LogP) is 5.97. The van der Waals surface area contributed by atoms with E-state index in [1.165, 1.54) is 0 Å². The molecule has 2 atom stereocenters. The van der Waals surface area contributed by atoms with Crippen molar-refractivity contribution < 1.29 is 19.4 Å². The van der Waals surface area contributed by atoms with Crippen LogP contribution in [0, 0.1) is 0 Å². The molecule has 5 nitrogen and oxygen atoms in total. The van der Waals surface area contributed by atoms with Gasteiger partial charge in [0.05, 0.1) is 16.5 Å². The van der Waals surface area contributed by atoms with E-state index in [4.69, 9.17) is 39.5 Å². The van der Waals surface area contributed by atoms with Gasteiger partial charge in [-0.15, -0.1) is 0 Å². The van der Waals surface area contributed by atoms with Gasteiger partial charge in [0, 0.05) is 11.4 Å². The second-order valence-electron chi connectivity index (χ2n) is 7.09. The predicted molar refractivity (Wildman–Crippen MR) is 126 cm³/mol. The maximum Gasteiger partial charge on any atom is 0.326 e. The molecule has 8 heteroatoms. The molecule has 0 fully saturated rings. The van der Waals surface area contributed by atoms with Crippen LogP contribution in [0.15, 0.2) is 72.8 Å². The standard InChI is InChI=1S/C24H20Cl3NO4/c25-17-7-9-18(10-8-17)32-22(16-6-11-19(26)20(27)13-16)14-23(29)28-21(24(30)31)12-15-4-2-1-3-5-15/h1-11,13,21-22H,12,14H2,(H,28,29)(H,30,31). The van der Waals surface area contributed by atoms with Gasteiger partial charge in [-0.05, 0) is 47.5 Å².